The summed E-state index contributed by atoms with van der Waals surface area (Å²) in [7, 11) is 0. The molecule has 2 aromatic rings. The first kappa shape index (κ1) is 17.5. The Morgan fingerprint density at radius 1 is 1.16 bits per heavy atom. The van der Waals surface area contributed by atoms with Crippen LogP contribution in [0.15, 0.2) is 48.5 Å². The molecule has 1 atom stereocenters. The predicted molar refractivity (Wildman–Crippen MR) is 99.6 cm³/mol. The van der Waals surface area contributed by atoms with Gasteiger partial charge in [-0.05, 0) is 36.1 Å². The lowest BCUT2D eigenvalue weighted by Crippen LogP contribution is -2.43. The monoisotopic (exact) mass is 339 g/mol. The average Bonchev–Trinajstić information content (AvgIpc) is 2.62. The second-order valence-corrected chi connectivity index (χ2v) is 6.56. The number of nitrogens with zero attached hydrogens (tertiary/aromatic N) is 1. The first-order valence-electron chi connectivity index (χ1n) is 8.69. The summed E-state index contributed by atoms with van der Waals surface area (Å²) in [4.78, 5) is 14.2. The number of fused-ring (bicyclic) bond motifs is 1. The summed E-state index contributed by atoms with van der Waals surface area (Å²) in [5.41, 5.74) is 4.50. The van der Waals surface area contributed by atoms with Gasteiger partial charge in [-0.15, -0.1) is 0 Å². The summed E-state index contributed by atoms with van der Waals surface area (Å²) in [6.45, 7) is 4.51. The number of urea groups is 1. The standard InChI is InChI=1S/C20H25N3O2/c1-15-6-2-5-9-19(15)22-20(25)21-12-18(24)14-23-11-10-16-7-3-4-8-17(16)13-23/h2-9,18,24H,10-14H2,1H3,(H2,21,22,25). The van der Waals surface area contributed by atoms with Gasteiger partial charge in [-0.2, -0.15) is 0 Å². The summed E-state index contributed by atoms with van der Waals surface area (Å²) >= 11 is 0. The van der Waals surface area contributed by atoms with E-state index in [1.165, 1.54) is 11.1 Å². The van der Waals surface area contributed by atoms with Crippen molar-refractivity contribution in [2.45, 2.75) is 26.0 Å². The van der Waals surface area contributed by atoms with E-state index in [1.807, 2.05) is 31.2 Å². The first-order chi connectivity index (χ1) is 12.1. The lowest BCUT2D eigenvalue weighted by molar-refractivity contribution is 0.106. The number of carbonyl (C=O) groups excluding carboxylic acids is 1. The molecule has 1 heterocycles. The van der Waals surface area contributed by atoms with Gasteiger partial charge < -0.3 is 15.7 Å². The molecule has 0 radical (unpaired) electrons. The van der Waals surface area contributed by atoms with Crippen molar-refractivity contribution in [3.8, 4) is 0 Å². The largest absolute Gasteiger partial charge is 0.390 e. The second-order valence-electron chi connectivity index (χ2n) is 6.56. The fourth-order valence-electron chi connectivity index (χ4n) is 3.16. The van der Waals surface area contributed by atoms with Crippen molar-refractivity contribution < 1.29 is 9.90 Å². The van der Waals surface area contributed by atoms with Crippen molar-refractivity contribution in [3.05, 3.63) is 65.2 Å². The van der Waals surface area contributed by atoms with E-state index in [9.17, 15) is 9.90 Å². The van der Waals surface area contributed by atoms with Gasteiger partial charge in [-0.25, -0.2) is 4.79 Å². The van der Waals surface area contributed by atoms with E-state index in [0.29, 0.717) is 6.54 Å². The quantitative estimate of drug-likeness (QED) is 0.784. The molecule has 0 spiro atoms. The Bertz CT molecular complexity index is 732. The predicted octanol–water partition coefficient (Wildman–Crippen LogP) is 2.54. The van der Waals surface area contributed by atoms with Crippen molar-refractivity contribution in [3.63, 3.8) is 0 Å². The number of nitrogens with one attached hydrogen (secondary N) is 2. The van der Waals surface area contributed by atoms with Gasteiger partial charge >= 0.3 is 6.03 Å². The molecule has 25 heavy (non-hydrogen) atoms. The number of aliphatic hydroxyl groups excluding tert-OH is 1. The van der Waals surface area contributed by atoms with E-state index in [0.717, 1.165) is 30.8 Å². The number of carbonyl (C=O) groups is 1. The maximum atomic E-state index is 12.0. The zero-order chi connectivity index (χ0) is 17.6. The summed E-state index contributed by atoms with van der Waals surface area (Å²) < 4.78 is 0. The number of hydrogen-bond donors (Lipinski definition) is 3. The minimum atomic E-state index is -0.590. The second kappa shape index (κ2) is 8.14. The van der Waals surface area contributed by atoms with Crippen LogP contribution in [0.25, 0.3) is 0 Å². The average molecular weight is 339 g/mol. The highest BCUT2D eigenvalue weighted by molar-refractivity contribution is 5.90. The lowest BCUT2D eigenvalue weighted by atomic mass is 10.00. The normalized spacial score (nSPS) is 15.3. The number of aliphatic hydroxyl groups is 1. The van der Waals surface area contributed by atoms with Crippen LogP contribution in [0.3, 0.4) is 0 Å². The minimum Gasteiger partial charge on any atom is -0.390 e. The third-order valence-electron chi connectivity index (χ3n) is 4.57. The van der Waals surface area contributed by atoms with Crippen molar-refractivity contribution in [1.29, 1.82) is 0 Å². The molecule has 1 aliphatic heterocycles. The molecule has 5 nitrogen and oxygen atoms in total. The van der Waals surface area contributed by atoms with E-state index in [1.54, 1.807) is 0 Å². The SMILES string of the molecule is Cc1ccccc1NC(=O)NCC(O)CN1CCc2ccccc2C1. The van der Waals surface area contributed by atoms with Gasteiger partial charge in [0.25, 0.3) is 0 Å². The van der Waals surface area contributed by atoms with Crippen molar-refractivity contribution in [2.24, 2.45) is 0 Å². The highest BCUT2D eigenvalue weighted by Gasteiger charge is 2.18. The number of amides is 2. The molecule has 2 aromatic carbocycles. The van der Waals surface area contributed by atoms with Crippen LogP contribution in [0.1, 0.15) is 16.7 Å². The highest BCUT2D eigenvalue weighted by atomic mass is 16.3. The molecule has 0 fully saturated rings. The van der Waals surface area contributed by atoms with Gasteiger partial charge in [0, 0.05) is 31.9 Å². The maximum Gasteiger partial charge on any atom is 0.319 e. The minimum absolute atomic E-state index is 0.232. The zero-order valence-corrected chi connectivity index (χ0v) is 14.5. The van der Waals surface area contributed by atoms with Crippen molar-refractivity contribution in [2.75, 3.05) is 25.0 Å². The number of β-amino-alcohol motifs (C(OH)–C–C–N with tert-alkyl or cyclic N) is 1. The van der Waals surface area contributed by atoms with Crippen molar-refractivity contribution >= 4 is 11.7 Å². The summed E-state index contributed by atoms with van der Waals surface area (Å²) in [6, 6.07) is 15.7. The van der Waals surface area contributed by atoms with Crippen LogP contribution in [0.2, 0.25) is 0 Å². The fraction of sp³-hybridized carbons (Fsp3) is 0.350. The fourth-order valence-corrected chi connectivity index (χ4v) is 3.16. The van der Waals surface area contributed by atoms with Crippen LogP contribution in [0, 0.1) is 6.92 Å². The molecule has 0 aromatic heterocycles. The van der Waals surface area contributed by atoms with E-state index in [2.05, 4.69) is 39.8 Å². The summed E-state index contributed by atoms with van der Waals surface area (Å²) in [5.74, 6) is 0. The lowest BCUT2D eigenvalue weighted by Gasteiger charge is -2.30. The maximum absolute atomic E-state index is 12.0. The number of anilines is 1. The van der Waals surface area contributed by atoms with E-state index in [-0.39, 0.29) is 12.6 Å². The number of para-hydroxylation sites is 1. The zero-order valence-electron chi connectivity index (χ0n) is 14.5. The first-order valence-corrected chi connectivity index (χ1v) is 8.69. The number of hydrogen-bond acceptors (Lipinski definition) is 3. The molecule has 0 aliphatic carbocycles. The molecule has 5 heteroatoms. The van der Waals surface area contributed by atoms with Gasteiger partial charge in [0.15, 0.2) is 0 Å². The molecule has 132 valence electrons. The highest BCUT2D eigenvalue weighted by Crippen LogP contribution is 2.18. The summed E-state index contributed by atoms with van der Waals surface area (Å²) in [5, 5.41) is 15.8. The van der Waals surface area contributed by atoms with Crippen LogP contribution >= 0.6 is 0 Å². The molecule has 1 aliphatic rings. The Kier molecular flexibility index (Phi) is 5.68. The molecule has 0 saturated heterocycles. The molecule has 1 unspecified atom stereocenters. The van der Waals surface area contributed by atoms with Crippen molar-refractivity contribution in [1.82, 2.24) is 10.2 Å². The van der Waals surface area contributed by atoms with Crippen LogP contribution in [0.5, 0.6) is 0 Å². The third kappa shape index (κ3) is 4.81. The Balaban J connectivity index is 1.43. The van der Waals surface area contributed by atoms with Crippen LogP contribution in [-0.4, -0.2) is 41.8 Å². The van der Waals surface area contributed by atoms with Gasteiger partial charge in [0.1, 0.15) is 0 Å². The van der Waals surface area contributed by atoms with Crippen LogP contribution in [-0.2, 0) is 13.0 Å². The number of benzene rings is 2. The Hall–Kier alpha value is -2.37. The molecule has 3 N–H and O–H groups in total. The van der Waals surface area contributed by atoms with Crippen LogP contribution in [0.4, 0.5) is 10.5 Å². The Morgan fingerprint density at radius 2 is 1.88 bits per heavy atom. The van der Waals surface area contributed by atoms with Gasteiger partial charge in [-0.3, -0.25) is 4.90 Å². The van der Waals surface area contributed by atoms with Crippen LogP contribution < -0.4 is 10.6 Å². The summed E-state index contributed by atoms with van der Waals surface area (Å²) in [6.07, 6.45) is 0.414. The van der Waals surface area contributed by atoms with E-state index < -0.39 is 6.10 Å². The number of rotatable bonds is 5. The van der Waals surface area contributed by atoms with E-state index in [4.69, 9.17) is 0 Å². The number of aryl methyl sites for hydroxylation is 1. The van der Waals surface area contributed by atoms with Gasteiger partial charge in [0.05, 0.1) is 6.10 Å². The third-order valence-corrected chi connectivity index (χ3v) is 4.57. The molecule has 3 rings (SSSR count). The smallest absolute Gasteiger partial charge is 0.319 e. The molecule has 0 saturated carbocycles. The topological polar surface area (TPSA) is 64.6 Å². The van der Waals surface area contributed by atoms with Gasteiger partial charge in [-0.1, -0.05) is 42.5 Å². The molecule has 0 bridgehead atoms. The Labute approximate surface area is 148 Å². The molecular weight excluding hydrogens is 314 g/mol. The molecular formula is C20H25N3O2. The van der Waals surface area contributed by atoms with E-state index >= 15 is 0 Å². The Morgan fingerprint density at radius 3 is 2.68 bits per heavy atom. The molecule has 2 amide bonds. The van der Waals surface area contributed by atoms with Gasteiger partial charge in [0.2, 0.25) is 0 Å².